The highest BCUT2D eigenvalue weighted by Crippen LogP contribution is 2.31. The summed E-state index contributed by atoms with van der Waals surface area (Å²) >= 11 is 2.73. The van der Waals surface area contributed by atoms with Crippen LogP contribution in [-0.2, 0) is 11.2 Å². The number of aromatic nitrogens is 2. The van der Waals surface area contributed by atoms with Gasteiger partial charge in [-0.2, -0.15) is 5.26 Å². The number of hydrogen-bond donors (Lipinski definition) is 2. The van der Waals surface area contributed by atoms with Gasteiger partial charge in [-0.05, 0) is 43.9 Å². The van der Waals surface area contributed by atoms with E-state index in [1.807, 2.05) is 26.0 Å². The number of thioether (sulfide) groups is 1. The van der Waals surface area contributed by atoms with E-state index in [-0.39, 0.29) is 17.1 Å². The molecule has 1 aromatic heterocycles. The van der Waals surface area contributed by atoms with Crippen molar-refractivity contribution in [1.82, 2.24) is 15.5 Å². The number of carbonyl (C=O) groups is 1. The van der Waals surface area contributed by atoms with Gasteiger partial charge in [0.2, 0.25) is 11.0 Å². The van der Waals surface area contributed by atoms with Gasteiger partial charge < -0.3 is 10.6 Å². The van der Waals surface area contributed by atoms with E-state index in [4.69, 9.17) is 0 Å². The van der Waals surface area contributed by atoms with Gasteiger partial charge in [0.15, 0.2) is 4.34 Å². The minimum atomic E-state index is -0.885. The molecule has 0 fully saturated rings. The molecule has 27 heavy (non-hydrogen) atoms. The van der Waals surface area contributed by atoms with E-state index in [1.54, 1.807) is 13.8 Å². The second-order valence-electron chi connectivity index (χ2n) is 6.77. The third-order valence-electron chi connectivity index (χ3n) is 4.44. The first-order chi connectivity index (χ1) is 12.8. The molecule has 0 aliphatic heterocycles. The summed E-state index contributed by atoms with van der Waals surface area (Å²) in [4.78, 5) is 12.4. The van der Waals surface area contributed by atoms with Crippen LogP contribution < -0.4 is 10.6 Å². The molecule has 1 heterocycles. The number of nitrogens with zero attached hydrogens (tertiary/aromatic N) is 3. The highest BCUT2D eigenvalue weighted by Gasteiger charge is 2.32. The molecule has 8 heteroatoms. The molecule has 144 valence electrons. The molecule has 0 aliphatic carbocycles. The molecule has 1 aromatic carbocycles. The van der Waals surface area contributed by atoms with Crippen LogP contribution in [0.2, 0.25) is 0 Å². The summed E-state index contributed by atoms with van der Waals surface area (Å²) in [7, 11) is 0. The summed E-state index contributed by atoms with van der Waals surface area (Å²) < 4.78 is 0.702. The summed E-state index contributed by atoms with van der Waals surface area (Å²) in [5.74, 6) is -0.169. The zero-order chi connectivity index (χ0) is 20.0. The molecule has 1 amide bonds. The Hall–Kier alpha value is -2.11. The monoisotopic (exact) mass is 403 g/mol. The quantitative estimate of drug-likeness (QED) is 0.636. The van der Waals surface area contributed by atoms with Gasteiger partial charge in [0, 0.05) is 5.69 Å². The first-order valence-electron chi connectivity index (χ1n) is 8.86. The number of carbonyl (C=O) groups excluding carboxylic acids is 1. The Morgan fingerprint density at radius 2 is 1.96 bits per heavy atom. The van der Waals surface area contributed by atoms with Gasteiger partial charge in [-0.1, -0.05) is 56.0 Å². The normalized spacial score (nSPS) is 14.3. The molecule has 2 aromatic rings. The van der Waals surface area contributed by atoms with Gasteiger partial charge in [0.25, 0.3) is 0 Å². The Morgan fingerprint density at radius 3 is 2.52 bits per heavy atom. The Bertz CT molecular complexity index is 812. The molecule has 6 nitrogen and oxygen atoms in total. The summed E-state index contributed by atoms with van der Waals surface area (Å²) in [6.07, 6.45) is 1.00. The molecule has 2 N–H and O–H groups in total. The van der Waals surface area contributed by atoms with E-state index >= 15 is 0 Å². The van der Waals surface area contributed by atoms with Crippen LogP contribution in [-0.4, -0.2) is 26.9 Å². The smallest absolute Gasteiger partial charge is 0.234 e. The number of aryl methyl sites for hydroxylation is 1. The van der Waals surface area contributed by atoms with Gasteiger partial charge in [0.1, 0.15) is 5.54 Å². The van der Waals surface area contributed by atoms with E-state index in [1.165, 1.54) is 28.7 Å². The van der Waals surface area contributed by atoms with E-state index in [0.29, 0.717) is 9.47 Å². The van der Waals surface area contributed by atoms with Crippen molar-refractivity contribution in [2.45, 2.75) is 56.2 Å². The Balaban J connectivity index is 1.96. The fraction of sp³-hybridized carbons (Fsp3) is 0.474. The molecule has 0 saturated heterocycles. The van der Waals surface area contributed by atoms with Crippen molar-refractivity contribution < 1.29 is 4.79 Å². The lowest BCUT2D eigenvalue weighted by molar-refractivity contribution is -0.121. The minimum Gasteiger partial charge on any atom is -0.337 e. The van der Waals surface area contributed by atoms with Crippen molar-refractivity contribution >= 4 is 39.8 Å². The zero-order valence-corrected chi connectivity index (χ0v) is 17.9. The van der Waals surface area contributed by atoms with Crippen LogP contribution >= 0.6 is 23.1 Å². The Kier molecular flexibility index (Phi) is 7.22. The van der Waals surface area contributed by atoms with Crippen LogP contribution in [0.5, 0.6) is 0 Å². The number of rotatable bonds is 8. The molecule has 0 bridgehead atoms. The number of hydrogen-bond acceptors (Lipinski definition) is 7. The number of nitrogens with one attached hydrogen (secondary N) is 2. The number of amides is 1. The standard InChI is InChI=1S/C19H25N5OS2/c1-6-14-7-9-15(10-8-14)21-17-23-24-18(27-17)26-13(4)16(25)22-19(5,11-20)12(2)3/h7-10,12-13H,6H2,1-5H3,(H,21,23)(H,22,25)/t13-,19+/m0/s1. The second-order valence-corrected chi connectivity index (χ2v) is 9.33. The zero-order valence-electron chi connectivity index (χ0n) is 16.2. The van der Waals surface area contributed by atoms with E-state index in [9.17, 15) is 10.1 Å². The third kappa shape index (κ3) is 5.68. The maximum atomic E-state index is 12.4. The largest absolute Gasteiger partial charge is 0.337 e. The van der Waals surface area contributed by atoms with Crippen molar-refractivity contribution in [2.75, 3.05) is 5.32 Å². The molecule has 0 saturated carbocycles. The molecular weight excluding hydrogens is 378 g/mol. The topological polar surface area (TPSA) is 90.7 Å². The van der Waals surface area contributed by atoms with Crippen LogP contribution in [0.15, 0.2) is 28.6 Å². The van der Waals surface area contributed by atoms with Crippen LogP contribution in [0.1, 0.15) is 40.2 Å². The lowest BCUT2D eigenvalue weighted by Gasteiger charge is -2.28. The van der Waals surface area contributed by atoms with Gasteiger partial charge >= 0.3 is 0 Å². The molecule has 0 aliphatic rings. The van der Waals surface area contributed by atoms with Gasteiger partial charge in [-0.15, -0.1) is 10.2 Å². The van der Waals surface area contributed by atoms with E-state index in [0.717, 1.165) is 12.1 Å². The first kappa shape index (κ1) is 21.2. The van der Waals surface area contributed by atoms with Crippen molar-refractivity contribution in [3.8, 4) is 6.07 Å². The average molecular weight is 404 g/mol. The van der Waals surface area contributed by atoms with E-state index < -0.39 is 5.54 Å². The second kappa shape index (κ2) is 9.20. The Labute approximate surface area is 168 Å². The highest BCUT2D eigenvalue weighted by atomic mass is 32.2. The van der Waals surface area contributed by atoms with Crippen LogP contribution in [0, 0.1) is 17.2 Å². The highest BCUT2D eigenvalue weighted by molar-refractivity contribution is 8.02. The number of anilines is 2. The fourth-order valence-corrected chi connectivity index (χ4v) is 4.04. The summed E-state index contributed by atoms with van der Waals surface area (Å²) in [5.41, 5.74) is 1.34. The molecule has 0 unspecified atom stereocenters. The van der Waals surface area contributed by atoms with Crippen LogP contribution in [0.4, 0.5) is 10.8 Å². The number of benzene rings is 1. The van der Waals surface area contributed by atoms with Gasteiger partial charge in [-0.25, -0.2) is 0 Å². The van der Waals surface area contributed by atoms with E-state index in [2.05, 4.69) is 46.0 Å². The summed E-state index contributed by atoms with van der Waals surface area (Å²) in [6, 6.07) is 10.4. The predicted octanol–water partition coefficient (Wildman–Crippen LogP) is 4.38. The summed E-state index contributed by atoms with van der Waals surface area (Å²) in [5, 5.41) is 24.0. The maximum Gasteiger partial charge on any atom is 0.234 e. The van der Waals surface area contributed by atoms with Crippen molar-refractivity contribution in [3.63, 3.8) is 0 Å². The molecule has 2 rings (SSSR count). The van der Waals surface area contributed by atoms with Crippen molar-refractivity contribution in [2.24, 2.45) is 5.92 Å². The minimum absolute atomic E-state index is 0.0140. The molecule has 0 radical (unpaired) electrons. The predicted molar refractivity (Wildman–Crippen MR) is 111 cm³/mol. The number of nitriles is 1. The third-order valence-corrected chi connectivity index (χ3v) is 6.46. The Morgan fingerprint density at radius 1 is 1.30 bits per heavy atom. The average Bonchev–Trinajstić information content (AvgIpc) is 3.08. The van der Waals surface area contributed by atoms with Gasteiger partial charge in [0.05, 0.1) is 11.3 Å². The molecular formula is C19H25N5OS2. The van der Waals surface area contributed by atoms with Crippen LogP contribution in [0.3, 0.4) is 0 Å². The van der Waals surface area contributed by atoms with Gasteiger partial charge in [-0.3, -0.25) is 4.79 Å². The molecule has 0 spiro atoms. The fourth-order valence-electron chi connectivity index (χ4n) is 2.12. The summed E-state index contributed by atoms with van der Waals surface area (Å²) in [6.45, 7) is 9.49. The SMILES string of the molecule is CCc1ccc(Nc2nnc(S[C@@H](C)C(=O)N[C@](C)(C#N)C(C)C)s2)cc1. The van der Waals surface area contributed by atoms with Crippen molar-refractivity contribution in [1.29, 1.82) is 5.26 Å². The lowest BCUT2D eigenvalue weighted by atomic mass is 9.90. The van der Waals surface area contributed by atoms with Crippen LogP contribution in [0.25, 0.3) is 0 Å². The maximum absolute atomic E-state index is 12.4. The van der Waals surface area contributed by atoms with Crippen molar-refractivity contribution in [3.05, 3.63) is 29.8 Å². The lowest BCUT2D eigenvalue weighted by Crippen LogP contribution is -2.51. The first-order valence-corrected chi connectivity index (χ1v) is 10.6. The molecule has 2 atom stereocenters.